The second-order valence-electron chi connectivity index (χ2n) is 4.69. The Balaban J connectivity index is 2.33. The van der Waals surface area contributed by atoms with Crippen molar-refractivity contribution >= 4 is 39.1 Å². The molecule has 0 saturated heterocycles. The minimum absolute atomic E-state index is 0.0935. The fourth-order valence-electron chi connectivity index (χ4n) is 2.26. The topological polar surface area (TPSA) is 29.9 Å². The average molecular weight is 377 g/mol. The molecule has 2 aromatic rings. The molecule has 6 heteroatoms. The van der Waals surface area contributed by atoms with Crippen molar-refractivity contribution in [2.75, 3.05) is 7.05 Å². The maximum atomic E-state index is 6.33. The minimum Gasteiger partial charge on any atom is -0.313 e. The SMILES string of the molecule is CNC(Cc1c(C)nn(C)c1Cl)c1ccc(Br)cc1Cl. The smallest absolute Gasteiger partial charge is 0.130 e. The van der Waals surface area contributed by atoms with Gasteiger partial charge in [-0.25, -0.2) is 0 Å². The first-order valence-corrected chi connectivity index (χ1v) is 7.79. The number of aromatic nitrogens is 2. The zero-order valence-electron chi connectivity index (χ0n) is 11.5. The molecule has 0 aliphatic heterocycles. The largest absolute Gasteiger partial charge is 0.313 e. The molecule has 0 saturated carbocycles. The lowest BCUT2D eigenvalue weighted by molar-refractivity contribution is 0.590. The summed E-state index contributed by atoms with van der Waals surface area (Å²) >= 11 is 16.1. The van der Waals surface area contributed by atoms with E-state index in [0.29, 0.717) is 5.15 Å². The van der Waals surface area contributed by atoms with E-state index in [2.05, 4.69) is 26.3 Å². The van der Waals surface area contributed by atoms with Gasteiger partial charge in [0.1, 0.15) is 5.15 Å². The zero-order valence-corrected chi connectivity index (χ0v) is 14.6. The Bertz CT molecular complexity index is 625. The van der Waals surface area contributed by atoms with Crippen LogP contribution in [0.3, 0.4) is 0 Å². The quantitative estimate of drug-likeness (QED) is 0.861. The van der Waals surface area contributed by atoms with Crippen molar-refractivity contribution < 1.29 is 0 Å². The molecule has 0 aliphatic carbocycles. The molecule has 1 atom stereocenters. The van der Waals surface area contributed by atoms with E-state index in [-0.39, 0.29) is 6.04 Å². The van der Waals surface area contributed by atoms with Crippen molar-refractivity contribution in [3.05, 3.63) is 49.7 Å². The molecule has 0 aliphatic rings. The molecule has 0 radical (unpaired) electrons. The molecule has 1 unspecified atom stereocenters. The Morgan fingerprint density at radius 2 is 2.10 bits per heavy atom. The average Bonchev–Trinajstić information content (AvgIpc) is 2.62. The predicted molar refractivity (Wildman–Crippen MR) is 87.6 cm³/mol. The summed E-state index contributed by atoms with van der Waals surface area (Å²) in [5.74, 6) is 0. The molecular weight excluding hydrogens is 361 g/mol. The highest BCUT2D eigenvalue weighted by molar-refractivity contribution is 9.10. The van der Waals surface area contributed by atoms with Crippen LogP contribution in [-0.2, 0) is 13.5 Å². The normalized spacial score (nSPS) is 12.7. The van der Waals surface area contributed by atoms with Gasteiger partial charge >= 0.3 is 0 Å². The van der Waals surface area contributed by atoms with Gasteiger partial charge in [0.2, 0.25) is 0 Å². The van der Waals surface area contributed by atoms with Gasteiger partial charge in [-0.1, -0.05) is 45.2 Å². The van der Waals surface area contributed by atoms with Crippen molar-refractivity contribution in [1.82, 2.24) is 15.1 Å². The molecule has 20 heavy (non-hydrogen) atoms. The van der Waals surface area contributed by atoms with Gasteiger partial charge in [0.25, 0.3) is 0 Å². The van der Waals surface area contributed by atoms with Crippen molar-refractivity contribution in [1.29, 1.82) is 0 Å². The molecular formula is C14H16BrCl2N3. The van der Waals surface area contributed by atoms with Crippen LogP contribution in [0.25, 0.3) is 0 Å². The van der Waals surface area contributed by atoms with Crippen molar-refractivity contribution in [3.8, 4) is 0 Å². The van der Waals surface area contributed by atoms with E-state index in [1.807, 2.05) is 39.2 Å². The number of benzene rings is 1. The molecule has 1 heterocycles. The number of likely N-dealkylation sites (N-methyl/N-ethyl adjacent to an activating group) is 1. The number of nitrogens with one attached hydrogen (secondary N) is 1. The van der Waals surface area contributed by atoms with Gasteiger partial charge in [-0.2, -0.15) is 5.10 Å². The lowest BCUT2D eigenvalue weighted by atomic mass is 9.99. The van der Waals surface area contributed by atoms with Gasteiger partial charge in [-0.3, -0.25) is 4.68 Å². The fraction of sp³-hybridized carbons (Fsp3) is 0.357. The van der Waals surface area contributed by atoms with E-state index >= 15 is 0 Å². The molecule has 108 valence electrons. The number of halogens is 3. The second kappa shape index (κ2) is 6.48. The highest BCUT2D eigenvalue weighted by Gasteiger charge is 2.19. The first kappa shape index (κ1) is 15.8. The maximum absolute atomic E-state index is 6.33. The van der Waals surface area contributed by atoms with E-state index in [9.17, 15) is 0 Å². The van der Waals surface area contributed by atoms with E-state index in [4.69, 9.17) is 23.2 Å². The Labute approximate surface area is 137 Å². The lowest BCUT2D eigenvalue weighted by Gasteiger charge is -2.18. The van der Waals surface area contributed by atoms with E-state index in [1.54, 1.807) is 4.68 Å². The highest BCUT2D eigenvalue weighted by Crippen LogP contribution is 2.31. The maximum Gasteiger partial charge on any atom is 0.130 e. The third kappa shape index (κ3) is 3.19. The monoisotopic (exact) mass is 375 g/mol. The van der Waals surface area contributed by atoms with Crippen LogP contribution in [0.2, 0.25) is 10.2 Å². The fourth-order valence-corrected chi connectivity index (χ4v) is 3.32. The number of aryl methyl sites for hydroxylation is 2. The first-order valence-electron chi connectivity index (χ1n) is 6.24. The van der Waals surface area contributed by atoms with Crippen LogP contribution in [0.4, 0.5) is 0 Å². The number of hydrogen-bond donors (Lipinski definition) is 1. The summed E-state index contributed by atoms with van der Waals surface area (Å²) in [7, 11) is 3.77. The van der Waals surface area contributed by atoms with Gasteiger partial charge in [-0.15, -0.1) is 0 Å². The minimum atomic E-state index is 0.0935. The third-order valence-corrected chi connectivity index (χ3v) is 4.66. The summed E-state index contributed by atoms with van der Waals surface area (Å²) in [6.07, 6.45) is 0.746. The Morgan fingerprint density at radius 3 is 2.60 bits per heavy atom. The Kier molecular flexibility index (Phi) is 5.13. The van der Waals surface area contributed by atoms with E-state index in [1.165, 1.54) is 0 Å². The van der Waals surface area contributed by atoms with Crippen LogP contribution in [0.1, 0.15) is 22.9 Å². The molecule has 0 amide bonds. The van der Waals surface area contributed by atoms with Crippen molar-refractivity contribution in [2.24, 2.45) is 7.05 Å². The lowest BCUT2D eigenvalue weighted by Crippen LogP contribution is -2.19. The Hall–Kier alpha value is -0.550. The van der Waals surface area contributed by atoms with Gasteiger partial charge in [0.05, 0.1) is 5.69 Å². The summed E-state index contributed by atoms with van der Waals surface area (Å²) in [6, 6.07) is 6.01. The van der Waals surface area contributed by atoms with Crippen LogP contribution in [0.5, 0.6) is 0 Å². The van der Waals surface area contributed by atoms with E-state index in [0.717, 1.165) is 32.7 Å². The number of rotatable bonds is 4. The van der Waals surface area contributed by atoms with Crippen LogP contribution >= 0.6 is 39.1 Å². The molecule has 1 aromatic heterocycles. The summed E-state index contributed by atoms with van der Waals surface area (Å²) in [6.45, 7) is 1.97. The number of nitrogens with zero attached hydrogens (tertiary/aromatic N) is 2. The molecule has 0 spiro atoms. The molecule has 3 nitrogen and oxygen atoms in total. The van der Waals surface area contributed by atoms with Crippen LogP contribution in [-0.4, -0.2) is 16.8 Å². The molecule has 2 rings (SSSR count). The molecule has 0 bridgehead atoms. The van der Waals surface area contributed by atoms with E-state index < -0.39 is 0 Å². The highest BCUT2D eigenvalue weighted by atomic mass is 79.9. The van der Waals surface area contributed by atoms with Gasteiger partial charge in [0, 0.05) is 28.1 Å². The predicted octanol–water partition coefficient (Wildman–Crippen LogP) is 4.30. The van der Waals surface area contributed by atoms with Gasteiger partial charge in [-0.05, 0) is 38.1 Å². The summed E-state index contributed by atoms with van der Waals surface area (Å²) in [5, 5.41) is 9.05. The van der Waals surface area contributed by atoms with Crippen molar-refractivity contribution in [3.63, 3.8) is 0 Å². The zero-order chi connectivity index (χ0) is 14.9. The molecule has 1 aromatic carbocycles. The second-order valence-corrected chi connectivity index (χ2v) is 6.37. The van der Waals surface area contributed by atoms with Crippen LogP contribution < -0.4 is 5.32 Å². The van der Waals surface area contributed by atoms with Gasteiger partial charge in [0.15, 0.2) is 0 Å². The Morgan fingerprint density at radius 1 is 1.40 bits per heavy atom. The summed E-state index contributed by atoms with van der Waals surface area (Å²) in [5.41, 5.74) is 3.05. The van der Waals surface area contributed by atoms with Gasteiger partial charge < -0.3 is 5.32 Å². The number of hydrogen-bond acceptors (Lipinski definition) is 2. The van der Waals surface area contributed by atoms with Crippen molar-refractivity contribution in [2.45, 2.75) is 19.4 Å². The summed E-state index contributed by atoms with van der Waals surface area (Å²) < 4.78 is 2.67. The standard InChI is InChI=1S/C14H16BrCl2N3/c1-8-11(14(17)20(3)19-8)7-13(18-2)10-5-4-9(15)6-12(10)16/h4-6,13,18H,7H2,1-3H3. The summed E-state index contributed by atoms with van der Waals surface area (Å²) in [4.78, 5) is 0. The molecule has 0 fully saturated rings. The van der Waals surface area contributed by atoms with Crippen LogP contribution in [0, 0.1) is 6.92 Å². The third-order valence-electron chi connectivity index (χ3n) is 3.36. The molecule has 1 N–H and O–H groups in total. The van der Waals surface area contributed by atoms with Crippen LogP contribution in [0.15, 0.2) is 22.7 Å². The first-order chi connectivity index (χ1) is 9.43.